The monoisotopic (exact) mass is 297 g/mol. The number of hydrogen-bond donors (Lipinski definition) is 1. The Morgan fingerprint density at radius 1 is 1.41 bits per heavy atom. The highest BCUT2D eigenvalue weighted by Gasteiger charge is 2.44. The maximum Gasteiger partial charge on any atom is 0.231 e. The fourth-order valence-electron chi connectivity index (χ4n) is 2.18. The highest BCUT2D eigenvalue weighted by Crippen LogP contribution is 2.45. The molecule has 1 aliphatic heterocycles. The lowest BCUT2D eigenvalue weighted by Crippen LogP contribution is -2.19. The van der Waals surface area contributed by atoms with Gasteiger partial charge in [0, 0.05) is 12.6 Å². The molecule has 17 heavy (non-hydrogen) atoms. The van der Waals surface area contributed by atoms with E-state index >= 15 is 0 Å². The lowest BCUT2D eigenvalue weighted by Gasteiger charge is -2.08. The first-order valence-electron chi connectivity index (χ1n) is 5.88. The second kappa shape index (κ2) is 3.89. The molecule has 0 spiro atoms. The van der Waals surface area contributed by atoms with E-state index in [-0.39, 0.29) is 0 Å². The molecular weight excluding hydrogens is 282 g/mol. The van der Waals surface area contributed by atoms with Gasteiger partial charge < -0.3 is 14.8 Å². The number of fused-ring (bicyclic) bond motifs is 1. The molecule has 1 heterocycles. The van der Waals surface area contributed by atoms with Gasteiger partial charge in [0.25, 0.3) is 0 Å². The van der Waals surface area contributed by atoms with Gasteiger partial charge in [-0.3, -0.25) is 0 Å². The summed E-state index contributed by atoms with van der Waals surface area (Å²) in [5.41, 5.74) is 1.69. The van der Waals surface area contributed by atoms with Crippen LogP contribution >= 0.6 is 15.9 Å². The molecule has 3 nitrogen and oxygen atoms in total. The largest absolute Gasteiger partial charge is 0.454 e. The predicted molar refractivity (Wildman–Crippen MR) is 69.3 cm³/mol. The molecule has 1 N–H and O–H groups in total. The third kappa shape index (κ3) is 2.16. The zero-order chi connectivity index (χ0) is 12.0. The summed E-state index contributed by atoms with van der Waals surface area (Å²) >= 11 is 3.51. The zero-order valence-corrected chi connectivity index (χ0v) is 11.6. The second-order valence-corrected chi connectivity index (χ2v) is 6.29. The molecule has 0 amide bonds. The minimum atomic E-state index is 0.320. The van der Waals surface area contributed by atoms with Crippen LogP contribution in [-0.4, -0.2) is 12.8 Å². The van der Waals surface area contributed by atoms with Crippen LogP contribution < -0.4 is 14.8 Å². The van der Waals surface area contributed by atoms with Crippen LogP contribution in [0.4, 0.5) is 0 Å². The predicted octanol–water partition coefficient (Wildman–Crippen LogP) is 3.07. The molecule has 1 unspecified atom stereocenters. The number of ether oxygens (including phenoxy) is 2. The summed E-state index contributed by atoms with van der Waals surface area (Å²) in [6.07, 6.45) is 1.26. The van der Waals surface area contributed by atoms with E-state index in [0.717, 1.165) is 22.5 Å². The van der Waals surface area contributed by atoms with Crippen LogP contribution in [0.2, 0.25) is 0 Å². The van der Waals surface area contributed by atoms with Gasteiger partial charge in [0.05, 0.1) is 4.47 Å². The molecule has 4 heteroatoms. The minimum Gasteiger partial charge on any atom is -0.454 e. The van der Waals surface area contributed by atoms with Crippen LogP contribution in [0, 0.1) is 5.41 Å². The minimum absolute atomic E-state index is 0.320. The van der Waals surface area contributed by atoms with E-state index < -0.39 is 0 Å². The average Bonchev–Trinajstić information content (AvgIpc) is 2.70. The number of benzene rings is 1. The molecule has 3 rings (SSSR count). The van der Waals surface area contributed by atoms with Crippen LogP contribution in [-0.2, 0) is 6.54 Å². The van der Waals surface area contributed by atoms with Crippen molar-refractivity contribution in [2.24, 2.45) is 5.41 Å². The van der Waals surface area contributed by atoms with Crippen LogP contribution in [0.3, 0.4) is 0 Å². The lowest BCUT2D eigenvalue weighted by atomic mass is 10.1. The van der Waals surface area contributed by atoms with E-state index in [0.29, 0.717) is 18.2 Å². The smallest absolute Gasteiger partial charge is 0.231 e. The van der Waals surface area contributed by atoms with Crippen molar-refractivity contribution in [2.75, 3.05) is 6.79 Å². The number of hydrogen-bond acceptors (Lipinski definition) is 3. The second-order valence-electron chi connectivity index (χ2n) is 5.44. The summed E-state index contributed by atoms with van der Waals surface area (Å²) in [4.78, 5) is 0. The van der Waals surface area contributed by atoms with Gasteiger partial charge >= 0.3 is 0 Å². The molecule has 1 aliphatic carbocycles. The normalized spacial score (nSPS) is 23.8. The van der Waals surface area contributed by atoms with Crippen molar-refractivity contribution in [3.8, 4) is 11.5 Å². The van der Waals surface area contributed by atoms with Gasteiger partial charge in [-0.1, -0.05) is 13.8 Å². The molecule has 0 radical (unpaired) electrons. The third-order valence-electron chi connectivity index (χ3n) is 3.55. The van der Waals surface area contributed by atoms with Crippen molar-refractivity contribution in [1.29, 1.82) is 0 Å². The summed E-state index contributed by atoms with van der Waals surface area (Å²) in [5, 5.41) is 3.56. The van der Waals surface area contributed by atoms with Gasteiger partial charge in [-0.05, 0) is 45.5 Å². The standard InChI is InChI=1S/C13H16BrNO2/c1-13(2)5-11(13)15-6-8-3-9(14)12-10(4-8)16-7-17-12/h3-4,11,15H,5-7H2,1-2H3. The van der Waals surface area contributed by atoms with Gasteiger partial charge in [0.2, 0.25) is 6.79 Å². The molecule has 1 aromatic carbocycles. The first-order valence-corrected chi connectivity index (χ1v) is 6.67. The Bertz CT molecular complexity index is 459. The van der Waals surface area contributed by atoms with Crippen LogP contribution in [0.15, 0.2) is 16.6 Å². The van der Waals surface area contributed by atoms with Gasteiger partial charge in [0.1, 0.15) is 0 Å². The average molecular weight is 298 g/mol. The Labute approximate surface area is 110 Å². The summed E-state index contributed by atoms with van der Waals surface area (Å²) < 4.78 is 11.7. The van der Waals surface area contributed by atoms with Crippen molar-refractivity contribution in [2.45, 2.75) is 32.9 Å². The molecule has 1 fully saturated rings. The Morgan fingerprint density at radius 2 is 2.18 bits per heavy atom. The van der Waals surface area contributed by atoms with E-state index in [4.69, 9.17) is 9.47 Å². The Morgan fingerprint density at radius 3 is 2.88 bits per heavy atom. The molecule has 1 aromatic rings. The van der Waals surface area contributed by atoms with Crippen LogP contribution in [0.1, 0.15) is 25.8 Å². The fraction of sp³-hybridized carbons (Fsp3) is 0.538. The van der Waals surface area contributed by atoms with Crippen LogP contribution in [0.5, 0.6) is 11.5 Å². The number of nitrogens with one attached hydrogen (secondary N) is 1. The SMILES string of the molecule is CC1(C)CC1NCc1cc(Br)c2c(c1)OCO2. The van der Waals surface area contributed by atoms with Gasteiger partial charge in [-0.15, -0.1) is 0 Å². The number of halogens is 1. The molecule has 1 atom stereocenters. The van der Waals surface area contributed by atoms with Crippen LogP contribution in [0.25, 0.3) is 0 Å². The zero-order valence-electron chi connectivity index (χ0n) is 10.0. The summed E-state index contributed by atoms with van der Waals surface area (Å²) in [7, 11) is 0. The number of rotatable bonds is 3. The lowest BCUT2D eigenvalue weighted by molar-refractivity contribution is 0.173. The Balaban J connectivity index is 1.70. The molecule has 92 valence electrons. The van der Waals surface area contributed by atoms with E-state index in [9.17, 15) is 0 Å². The molecule has 0 aromatic heterocycles. The van der Waals surface area contributed by atoms with E-state index in [1.165, 1.54) is 12.0 Å². The highest BCUT2D eigenvalue weighted by molar-refractivity contribution is 9.10. The topological polar surface area (TPSA) is 30.5 Å². The van der Waals surface area contributed by atoms with E-state index in [2.05, 4.69) is 47.2 Å². The van der Waals surface area contributed by atoms with E-state index in [1.54, 1.807) is 0 Å². The van der Waals surface area contributed by atoms with Crippen molar-refractivity contribution < 1.29 is 9.47 Å². The maximum atomic E-state index is 5.40. The Hall–Kier alpha value is -0.740. The van der Waals surface area contributed by atoms with Crippen molar-refractivity contribution in [3.05, 3.63) is 22.2 Å². The molecule has 2 aliphatic rings. The van der Waals surface area contributed by atoms with Crippen molar-refractivity contribution >= 4 is 15.9 Å². The van der Waals surface area contributed by atoms with Gasteiger partial charge in [-0.25, -0.2) is 0 Å². The third-order valence-corrected chi connectivity index (χ3v) is 4.14. The van der Waals surface area contributed by atoms with E-state index in [1.807, 2.05) is 0 Å². The summed E-state index contributed by atoms with van der Waals surface area (Å²) in [5.74, 6) is 1.66. The van der Waals surface area contributed by atoms with Crippen molar-refractivity contribution in [3.63, 3.8) is 0 Å². The molecule has 0 saturated heterocycles. The maximum absolute atomic E-state index is 5.40. The quantitative estimate of drug-likeness (QED) is 0.930. The first-order chi connectivity index (χ1) is 8.06. The van der Waals surface area contributed by atoms with Gasteiger partial charge in [0.15, 0.2) is 11.5 Å². The molecule has 0 bridgehead atoms. The summed E-state index contributed by atoms with van der Waals surface area (Å²) in [6.45, 7) is 5.78. The molecule has 1 saturated carbocycles. The fourth-order valence-corrected chi connectivity index (χ4v) is 2.78. The highest BCUT2D eigenvalue weighted by atomic mass is 79.9. The Kier molecular flexibility index (Phi) is 2.60. The summed E-state index contributed by atoms with van der Waals surface area (Å²) in [6, 6.07) is 4.79. The first kappa shape index (κ1) is 11.4. The molecular formula is C13H16BrNO2. The van der Waals surface area contributed by atoms with Crippen molar-refractivity contribution in [1.82, 2.24) is 5.32 Å². The van der Waals surface area contributed by atoms with Gasteiger partial charge in [-0.2, -0.15) is 0 Å².